The summed E-state index contributed by atoms with van der Waals surface area (Å²) in [7, 11) is 2.11. The predicted molar refractivity (Wildman–Crippen MR) is 124 cm³/mol. The largest absolute Gasteiger partial charge is 0.480 e. The van der Waals surface area contributed by atoms with Gasteiger partial charge in [0.1, 0.15) is 6.04 Å². The van der Waals surface area contributed by atoms with Gasteiger partial charge in [-0.15, -0.1) is 0 Å². The maximum atomic E-state index is 13.0. The Morgan fingerprint density at radius 1 is 0.969 bits per heavy atom. The number of carboxylic acids is 1. The SMILES string of the molecule is C[C@H](NC(=O)[C@H](CC(=O)c1ccc(N2CCN(C)CC2)cc1)Cc1ccccc1)C(=O)O. The second kappa shape index (κ2) is 10.9. The van der Waals surface area contributed by atoms with Gasteiger partial charge in [-0.05, 0) is 50.2 Å². The molecule has 0 saturated carbocycles. The number of nitrogens with zero attached hydrogens (tertiary/aromatic N) is 2. The summed E-state index contributed by atoms with van der Waals surface area (Å²) in [5.41, 5.74) is 2.57. The molecule has 0 aromatic heterocycles. The summed E-state index contributed by atoms with van der Waals surface area (Å²) < 4.78 is 0. The average Bonchev–Trinajstić information content (AvgIpc) is 2.79. The van der Waals surface area contributed by atoms with Crippen molar-refractivity contribution in [3.8, 4) is 0 Å². The van der Waals surface area contributed by atoms with Gasteiger partial charge in [0, 0.05) is 49.8 Å². The number of likely N-dealkylation sites (N-methyl/N-ethyl adjacent to an activating group) is 1. The highest BCUT2D eigenvalue weighted by Crippen LogP contribution is 2.20. The van der Waals surface area contributed by atoms with Crippen LogP contribution in [0.3, 0.4) is 0 Å². The molecule has 32 heavy (non-hydrogen) atoms. The van der Waals surface area contributed by atoms with Gasteiger partial charge >= 0.3 is 5.97 Å². The zero-order chi connectivity index (χ0) is 23.1. The second-order valence-corrected chi connectivity index (χ2v) is 8.42. The van der Waals surface area contributed by atoms with Crippen LogP contribution in [0, 0.1) is 5.92 Å². The number of hydrogen-bond donors (Lipinski definition) is 2. The molecule has 0 spiro atoms. The number of carbonyl (C=O) groups is 3. The molecule has 2 aromatic carbocycles. The van der Waals surface area contributed by atoms with Gasteiger partial charge in [-0.1, -0.05) is 30.3 Å². The van der Waals surface area contributed by atoms with Crippen LogP contribution in [0.4, 0.5) is 5.69 Å². The molecule has 7 heteroatoms. The lowest BCUT2D eigenvalue weighted by atomic mass is 9.91. The number of benzene rings is 2. The minimum absolute atomic E-state index is 0.0148. The Hall–Kier alpha value is -3.19. The monoisotopic (exact) mass is 437 g/mol. The fourth-order valence-corrected chi connectivity index (χ4v) is 3.81. The van der Waals surface area contributed by atoms with Crippen LogP contribution in [-0.2, 0) is 16.0 Å². The molecule has 0 unspecified atom stereocenters. The molecule has 0 radical (unpaired) electrons. The highest BCUT2D eigenvalue weighted by atomic mass is 16.4. The Bertz CT molecular complexity index is 922. The number of aliphatic carboxylic acids is 1. The first kappa shape index (κ1) is 23.5. The number of Topliss-reactive ketones (excluding diaryl/α,β-unsaturated/α-hetero) is 1. The molecule has 1 aliphatic heterocycles. The lowest BCUT2D eigenvalue weighted by molar-refractivity contribution is -0.141. The summed E-state index contributed by atoms with van der Waals surface area (Å²) in [4.78, 5) is 41.5. The van der Waals surface area contributed by atoms with Crippen molar-refractivity contribution >= 4 is 23.3 Å². The summed E-state index contributed by atoms with van der Waals surface area (Å²) in [6.07, 6.45) is 0.380. The van der Waals surface area contributed by atoms with E-state index in [0.717, 1.165) is 37.4 Å². The van der Waals surface area contributed by atoms with E-state index in [1.165, 1.54) is 6.92 Å². The van der Waals surface area contributed by atoms with Crippen LogP contribution >= 0.6 is 0 Å². The zero-order valence-corrected chi connectivity index (χ0v) is 18.7. The van der Waals surface area contributed by atoms with E-state index in [9.17, 15) is 14.4 Å². The Labute approximate surface area is 189 Å². The van der Waals surface area contributed by atoms with E-state index in [0.29, 0.717) is 12.0 Å². The molecule has 1 heterocycles. The Morgan fingerprint density at radius 3 is 2.19 bits per heavy atom. The number of carbonyl (C=O) groups excluding carboxylic acids is 2. The molecule has 0 bridgehead atoms. The fraction of sp³-hybridized carbons (Fsp3) is 0.400. The highest BCUT2D eigenvalue weighted by Gasteiger charge is 2.26. The van der Waals surface area contributed by atoms with Gasteiger partial charge in [-0.3, -0.25) is 14.4 Å². The third-order valence-electron chi connectivity index (χ3n) is 5.91. The fourth-order valence-electron chi connectivity index (χ4n) is 3.81. The molecule has 2 aromatic rings. The van der Waals surface area contributed by atoms with Crippen molar-refractivity contribution in [3.63, 3.8) is 0 Å². The van der Waals surface area contributed by atoms with Crippen molar-refractivity contribution < 1.29 is 19.5 Å². The molecule has 2 N–H and O–H groups in total. The van der Waals surface area contributed by atoms with E-state index in [-0.39, 0.29) is 12.2 Å². The lowest BCUT2D eigenvalue weighted by Gasteiger charge is -2.34. The lowest BCUT2D eigenvalue weighted by Crippen LogP contribution is -2.44. The van der Waals surface area contributed by atoms with Crippen molar-refractivity contribution in [3.05, 3.63) is 65.7 Å². The molecular weight excluding hydrogens is 406 g/mol. The second-order valence-electron chi connectivity index (χ2n) is 8.42. The van der Waals surface area contributed by atoms with E-state index in [1.807, 2.05) is 54.6 Å². The van der Waals surface area contributed by atoms with E-state index in [4.69, 9.17) is 5.11 Å². The number of rotatable bonds is 9. The molecule has 3 rings (SSSR count). The van der Waals surface area contributed by atoms with Crippen LogP contribution in [0.2, 0.25) is 0 Å². The predicted octanol–water partition coefficient (Wildman–Crippen LogP) is 2.46. The number of amides is 1. The van der Waals surface area contributed by atoms with Crippen LogP contribution in [0.5, 0.6) is 0 Å². The summed E-state index contributed by atoms with van der Waals surface area (Å²) in [6.45, 7) is 5.33. The molecule has 1 aliphatic rings. The van der Waals surface area contributed by atoms with Crippen molar-refractivity contribution in [2.24, 2.45) is 5.92 Å². The van der Waals surface area contributed by atoms with Crippen LogP contribution in [0.25, 0.3) is 0 Å². The Balaban J connectivity index is 1.69. The van der Waals surface area contributed by atoms with Crippen molar-refractivity contribution in [2.75, 3.05) is 38.1 Å². The average molecular weight is 438 g/mol. The quantitative estimate of drug-likeness (QED) is 0.586. The maximum Gasteiger partial charge on any atom is 0.325 e. The van der Waals surface area contributed by atoms with Gasteiger partial charge < -0.3 is 20.2 Å². The molecule has 1 fully saturated rings. The summed E-state index contributed by atoms with van der Waals surface area (Å²) >= 11 is 0. The smallest absolute Gasteiger partial charge is 0.325 e. The van der Waals surface area contributed by atoms with E-state index in [2.05, 4.69) is 22.2 Å². The third-order valence-corrected chi connectivity index (χ3v) is 5.91. The van der Waals surface area contributed by atoms with Gasteiger partial charge in [-0.2, -0.15) is 0 Å². The number of hydrogen-bond acceptors (Lipinski definition) is 5. The molecule has 2 atom stereocenters. The molecule has 0 aliphatic carbocycles. The van der Waals surface area contributed by atoms with E-state index in [1.54, 1.807) is 0 Å². The topological polar surface area (TPSA) is 90.0 Å². The summed E-state index contributed by atoms with van der Waals surface area (Å²) in [5.74, 6) is -2.31. The van der Waals surface area contributed by atoms with Crippen LogP contribution in [0.15, 0.2) is 54.6 Å². The van der Waals surface area contributed by atoms with Gasteiger partial charge in [0.2, 0.25) is 5.91 Å². The number of carboxylic acid groups (broad SMARTS) is 1. The summed E-state index contributed by atoms with van der Waals surface area (Å²) in [6, 6.07) is 16.0. The van der Waals surface area contributed by atoms with E-state index < -0.39 is 23.8 Å². The van der Waals surface area contributed by atoms with Gasteiger partial charge in [0.15, 0.2) is 5.78 Å². The minimum atomic E-state index is -1.11. The van der Waals surface area contributed by atoms with Crippen LogP contribution in [-0.4, -0.2) is 66.9 Å². The molecule has 7 nitrogen and oxygen atoms in total. The van der Waals surface area contributed by atoms with Crippen LogP contribution < -0.4 is 10.2 Å². The molecule has 170 valence electrons. The minimum Gasteiger partial charge on any atom is -0.480 e. The highest BCUT2D eigenvalue weighted by molar-refractivity contribution is 5.99. The first-order valence-corrected chi connectivity index (χ1v) is 11.0. The first-order valence-electron chi connectivity index (χ1n) is 11.0. The number of piperazine rings is 1. The van der Waals surface area contributed by atoms with Gasteiger partial charge in [-0.25, -0.2) is 0 Å². The Morgan fingerprint density at radius 2 is 1.59 bits per heavy atom. The molecule has 1 saturated heterocycles. The number of ketones is 1. The maximum absolute atomic E-state index is 13.0. The van der Waals surface area contributed by atoms with E-state index >= 15 is 0 Å². The van der Waals surface area contributed by atoms with Crippen molar-refractivity contribution in [1.82, 2.24) is 10.2 Å². The van der Waals surface area contributed by atoms with Crippen LogP contribution in [0.1, 0.15) is 29.3 Å². The number of nitrogens with one attached hydrogen (secondary N) is 1. The van der Waals surface area contributed by atoms with Crippen molar-refractivity contribution in [1.29, 1.82) is 0 Å². The zero-order valence-electron chi connectivity index (χ0n) is 18.7. The summed E-state index contributed by atoms with van der Waals surface area (Å²) in [5, 5.41) is 11.6. The van der Waals surface area contributed by atoms with Gasteiger partial charge in [0.05, 0.1) is 0 Å². The van der Waals surface area contributed by atoms with Gasteiger partial charge in [0.25, 0.3) is 0 Å². The normalized spacial score (nSPS) is 16.2. The first-order chi connectivity index (χ1) is 15.3. The standard InChI is InChI=1S/C25H31N3O4/c1-18(25(31)32)26-24(30)21(16-19-6-4-3-5-7-19)17-23(29)20-8-10-22(11-9-20)28-14-12-27(2)13-15-28/h3-11,18,21H,12-17H2,1-2H3,(H,26,30)(H,31,32)/t18-,21-/m0/s1. The Kier molecular flexibility index (Phi) is 8.00. The molecule has 1 amide bonds. The number of anilines is 1. The third kappa shape index (κ3) is 6.40. The van der Waals surface area contributed by atoms with Crippen molar-refractivity contribution in [2.45, 2.75) is 25.8 Å². The molecular formula is C25H31N3O4.